The molecule has 0 spiro atoms. The van der Waals surface area contributed by atoms with E-state index in [-0.39, 0.29) is 33.3 Å². The minimum absolute atomic E-state index is 0.138. The predicted octanol–water partition coefficient (Wildman–Crippen LogP) is 9.64. The fourth-order valence-electron chi connectivity index (χ4n) is 7.52. The van der Waals surface area contributed by atoms with E-state index < -0.39 is 20.9 Å². The van der Waals surface area contributed by atoms with Crippen LogP contribution in [0.3, 0.4) is 0 Å². The van der Waals surface area contributed by atoms with E-state index in [1.807, 2.05) is 73.6 Å². The molecule has 1 atom stereocenters. The second kappa shape index (κ2) is 19.1. The van der Waals surface area contributed by atoms with Crippen molar-refractivity contribution in [3.05, 3.63) is 141 Å². The van der Waals surface area contributed by atoms with Crippen molar-refractivity contribution < 1.29 is 18.1 Å². The third-order valence-corrected chi connectivity index (χ3v) is 13.5. The van der Waals surface area contributed by atoms with Crippen molar-refractivity contribution in [2.24, 2.45) is 5.41 Å². The van der Waals surface area contributed by atoms with Gasteiger partial charge in [-0.05, 0) is 129 Å². The summed E-state index contributed by atoms with van der Waals surface area (Å²) in [4.78, 5) is 30.0. The number of sulfonamides is 1. The SMILES string of the molecule is CN(C)CC[C@H](CSc1ccccc1)Nc1ccc(S(=O)(=O)NC(=O)c2ccc(C3=CCN(CC4=C(c5ccc(Cl)cc5)CCC(C)(C)C4)CC3)cc2)cc1[N+](=O)[O-]. The zero-order valence-corrected chi connectivity index (χ0v) is 35.9. The Morgan fingerprint density at radius 3 is 2.34 bits per heavy atom. The lowest BCUT2D eigenvalue weighted by Gasteiger charge is -2.36. The number of rotatable bonds is 16. The van der Waals surface area contributed by atoms with Crippen LogP contribution in [0.2, 0.25) is 5.02 Å². The number of nitro groups is 1. The van der Waals surface area contributed by atoms with Gasteiger partial charge in [0.1, 0.15) is 5.69 Å². The number of hydrogen-bond acceptors (Lipinski definition) is 9. The van der Waals surface area contributed by atoms with Crippen LogP contribution in [0.15, 0.2) is 119 Å². The third-order valence-electron chi connectivity index (χ3n) is 10.8. The van der Waals surface area contributed by atoms with Crippen molar-refractivity contribution in [1.82, 2.24) is 14.5 Å². The molecule has 0 unspecified atom stereocenters. The molecule has 306 valence electrons. The van der Waals surface area contributed by atoms with Gasteiger partial charge in [-0.3, -0.25) is 19.8 Å². The molecular weight excluding hydrogens is 790 g/mol. The number of allylic oxidation sites excluding steroid dienone is 1. The van der Waals surface area contributed by atoms with Gasteiger partial charge >= 0.3 is 0 Å². The molecule has 1 aliphatic carbocycles. The first-order valence-electron chi connectivity index (χ1n) is 19.6. The molecule has 0 fully saturated rings. The minimum Gasteiger partial charge on any atom is -0.376 e. The summed E-state index contributed by atoms with van der Waals surface area (Å²) >= 11 is 7.83. The minimum atomic E-state index is -4.43. The molecule has 0 bridgehead atoms. The van der Waals surface area contributed by atoms with Crippen LogP contribution in [-0.4, -0.2) is 81.1 Å². The second-order valence-corrected chi connectivity index (χ2v) is 19.4. The molecule has 6 rings (SSSR count). The Labute approximate surface area is 351 Å². The molecule has 13 heteroatoms. The first-order valence-corrected chi connectivity index (χ1v) is 22.4. The average Bonchev–Trinajstić information content (AvgIpc) is 3.19. The molecule has 2 N–H and O–H groups in total. The lowest BCUT2D eigenvalue weighted by molar-refractivity contribution is -0.384. The van der Waals surface area contributed by atoms with E-state index in [1.165, 1.54) is 34.4 Å². The fraction of sp³-hybridized carbons (Fsp3) is 0.356. The molecule has 4 aromatic rings. The third kappa shape index (κ3) is 11.6. The number of carbonyl (C=O) groups is 1. The van der Waals surface area contributed by atoms with Crippen molar-refractivity contribution in [3.63, 3.8) is 0 Å². The Kier molecular flexibility index (Phi) is 14.2. The molecular formula is C45H52ClN5O5S2. The number of amides is 1. The molecule has 58 heavy (non-hydrogen) atoms. The molecule has 0 saturated heterocycles. The monoisotopic (exact) mass is 841 g/mol. The molecule has 1 amide bonds. The lowest BCUT2D eigenvalue weighted by atomic mass is 9.72. The fourth-order valence-corrected chi connectivity index (χ4v) is 9.64. The van der Waals surface area contributed by atoms with E-state index >= 15 is 0 Å². The maximum atomic E-state index is 13.4. The van der Waals surface area contributed by atoms with Gasteiger partial charge in [0.05, 0.1) is 9.82 Å². The maximum Gasteiger partial charge on any atom is 0.293 e. The zero-order chi connectivity index (χ0) is 41.5. The molecule has 0 aromatic heterocycles. The lowest BCUT2D eigenvalue weighted by Crippen LogP contribution is -2.33. The van der Waals surface area contributed by atoms with Crippen molar-refractivity contribution in [2.45, 2.75) is 61.8 Å². The number of nitro benzene ring substituents is 1. The highest BCUT2D eigenvalue weighted by atomic mass is 35.5. The summed E-state index contributed by atoms with van der Waals surface area (Å²) in [6, 6.07) is 28.5. The Hall–Kier alpha value is -4.46. The zero-order valence-electron chi connectivity index (χ0n) is 33.5. The standard InChI is InChI=1S/C45H52ClN5O5S2/c1-45(2)24-20-41(34-14-16-37(46)17-15-34)36(29-45)30-50-26-21-33(22-27-50)32-10-12-35(13-11-32)44(52)48-58(55,56)40-18-19-42(43(28-40)51(53)54)47-38(23-25-49(3)4)31-57-39-8-6-5-7-9-39/h5-19,21,28,38,47H,20,22-27,29-31H2,1-4H3,(H,48,52)/t38-/m1/s1. The van der Waals surface area contributed by atoms with Crippen LogP contribution in [0.4, 0.5) is 11.4 Å². The number of carbonyl (C=O) groups excluding carboxylic acids is 1. The van der Waals surface area contributed by atoms with E-state index in [0.717, 1.165) is 73.4 Å². The smallest absolute Gasteiger partial charge is 0.293 e. The highest BCUT2D eigenvalue weighted by molar-refractivity contribution is 7.99. The number of halogens is 1. The van der Waals surface area contributed by atoms with Gasteiger partial charge in [0.15, 0.2) is 0 Å². The van der Waals surface area contributed by atoms with Crippen molar-refractivity contribution in [2.75, 3.05) is 51.3 Å². The number of anilines is 1. The van der Waals surface area contributed by atoms with Gasteiger partial charge < -0.3 is 10.2 Å². The van der Waals surface area contributed by atoms with E-state index in [4.69, 9.17) is 11.6 Å². The first-order chi connectivity index (χ1) is 27.7. The summed E-state index contributed by atoms with van der Waals surface area (Å²) in [6.45, 7) is 8.05. The Balaban J connectivity index is 1.09. The number of thioether (sulfide) groups is 1. The molecule has 2 aliphatic rings. The summed E-state index contributed by atoms with van der Waals surface area (Å²) in [5, 5.41) is 16.2. The van der Waals surface area contributed by atoms with Gasteiger partial charge in [-0.25, -0.2) is 13.1 Å². The summed E-state index contributed by atoms with van der Waals surface area (Å²) in [6.07, 6.45) is 7.05. The summed E-state index contributed by atoms with van der Waals surface area (Å²) < 4.78 is 28.9. The average molecular weight is 843 g/mol. The van der Waals surface area contributed by atoms with Crippen LogP contribution < -0.4 is 10.0 Å². The molecule has 1 heterocycles. The van der Waals surface area contributed by atoms with Gasteiger partial charge in [-0.1, -0.05) is 79.6 Å². The molecule has 10 nitrogen and oxygen atoms in total. The van der Waals surface area contributed by atoms with Gasteiger partial charge in [0, 0.05) is 53.0 Å². The summed E-state index contributed by atoms with van der Waals surface area (Å²) in [5.41, 5.74) is 6.57. The predicted molar refractivity (Wildman–Crippen MR) is 237 cm³/mol. The second-order valence-electron chi connectivity index (χ2n) is 16.1. The topological polar surface area (TPSA) is 125 Å². The van der Waals surface area contributed by atoms with Crippen LogP contribution in [-0.2, 0) is 10.0 Å². The van der Waals surface area contributed by atoms with E-state index in [2.05, 4.69) is 47.0 Å². The first kappa shape index (κ1) is 43.1. The molecule has 4 aromatic carbocycles. The maximum absolute atomic E-state index is 13.4. The highest BCUT2D eigenvalue weighted by Gasteiger charge is 2.29. The van der Waals surface area contributed by atoms with Gasteiger partial charge in [-0.2, -0.15) is 0 Å². The van der Waals surface area contributed by atoms with Crippen LogP contribution in [0.5, 0.6) is 0 Å². The van der Waals surface area contributed by atoms with Crippen molar-refractivity contribution in [1.29, 1.82) is 0 Å². The molecule has 0 saturated carbocycles. The van der Waals surface area contributed by atoms with Gasteiger partial charge in [0.25, 0.3) is 21.6 Å². The highest BCUT2D eigenvalue weighted by Crippen LogP contribution is 2.43. The molecule has 0 radical (unpaired) electrons. The van der Waals surface area contributed by atoms with E-state index in [1.54, 1.807) is 23.9 Å². The van der Waals surface area contributed by atoms with Crippen molar-refractivity contribution >= 4 is 61.8 Å². The van der Waals surface area contributed by atoms with Gasteiger partial charge in [0.2, 0.25) is 0 Å². The van der Waals surface area contributed by atoms with Crippen LogP contribution in [0.25, 0.3) is 11.1 Å². The number of benzene rings is 4. The summed E-state index contributed by atoms with van der Waals surface area (Å²) in [7, 11) is -0.502. The Morgan fingerprint density at radius 1 is 0.983 bits per heavy atom. The Morgan fingerprint density at radius 2 is 1.69 bits per heavy atom. The Bertz CT molecular complexity index is 2260. The van der Waals surface area contributed by atoms with Gasteiger partial charge in [-0.15, -0.1) is 11.8 Å². The molecule has 1 aliphatic heterocycles. The van der Waals surface area contributed by atoms with Crippen LogP contribution in [0.1, 0.15) is 67.4 Å². The van der Waals surface area contributed by atoms with E-state index in [0.29, 0.717) is 12.2 Å². The number of nitrogens with one attached hydrogen (secondary N) is 2. The number of nitrogens with zero attached hydrogens (tertiary/aromatic N) is 3. The number of hydrogen-bond donors (Lipinski definition) is 2. The largest absolute Gasteiger partial charge is 0.376 e. The van der Waals surface area contributed by atoms with E-state index in [9.17, 15) is 23.3 Å². The van der Waals surface area contributed by atoms with Crippen LogP contribution >= 0.6 is 23.4 Å². The quantitative estimate of drug-likeness (QED) is 0.0645. The normalized spacial score (nSPS) is 16.5. The summed E-state index contributed by atoms with van der Waals surface area (Å²) in [5.74, 6) is -0.175. The van der Waals surface area contributed by atoms with Crippen LogP contribution in [0, 0.1) is 15.5 Å². The van der Waals surface area contributed by atoms with Crippen molar-refractivity contribution in [3.8, 4) is 0 Å².